The number of phenolic OH excluding ortho intramolecular Hbond substituents is 1. The summed E-state index contributed by atoms with van der Waals surface area (Å²) in [4.78, 5) is 58.6. The number of phenols is 1. The SMILES string of the molecule is CN(C)c1ccc(N=Nc2ccc(N3C(=O)C4CC=C5C(C6=COc7ccc(O)cc7C6)C6=C(CC5C4C3=O)C(=O)C(Br)=CC6=O)cc2)cc1. The van der Waals surface area contributed by atoms with Crippen LogP contribution in [0, 0.1) is 23.7 Å². The number of hydrogen-bond acceptors (Lipinski definition) is 9. The van der Waals surface area contributed by atoms with Crippen molar-refractivity contribution in [1.29, 1.82) is 0 Å². The number of benzene rings is 3. The number of amides is 2. The van der Waals surface area contributed by atoms with E-state index in [1.165, 1.54) is 11.0 Å². The molecular weight excluding hydrogens is 700 g/mol. The number of fused-ring (bicyclic) bond motifs is 4. The summed E-state index contributed by atoms with van der Waals surface area (Å²) >= 11 is 3.27. The molecule has 2 heterocycles. The van der Waals surface area contributed by atoms with Crippen molar-refractivity contribution in [2.24, 2.45) is 33.9 Å². The van der Waals surface area contributed by atoms with Gasteiger partial charge in [-0.1, -0.05) is 11.6 Å². The van der Waals surface area contributed by atoms with Gasteiger partial charge >= 0.3 is 0 Å². The molecule has 5 aliphatic rings. The molecule has 2 amide bonds. The Bertz CT molecular complexity index is 2160. The van der Waals surface area contributed by atoms with Crippen LogP contribution in [0.15, 0.2) is 122 Å². The van der Waals surface area contributed by atoms with E-state index in [4.69, 9.17) is 4.74 Å². The van der Waals surface area contributed by atoms with E-state index in [0.717, 1.165) is 22.4 Å². The van der Waals surface area contributed by atoms with Gasteiger partial charge in [-0.25, -0.2) is 0 Å². The molecule has 0 saturated carbocycles. The lowest BCUT2D eigenvalue weighted by atomic mass is 9.59. The van der Waals surface area contributed by atoms with Crippen molar-refractivity contribution in [2.45, 2.75) is 19.3 Å². The summed E-state index contributed by atoms with van der Waals surface area (Å²) in [7, 11) is 3.93. The van der Waals surface area contributed by atoms with Gasteiger partial charge in [-0.2, -0.15) is 10.2 Å². The van der Waals surface area contributed by atoms with Crippen LogP contribution < -0.4 is 14.5 Å². The third-order valence-corrected chi connectivity index (χ3v) is 10.8. The molecule has 1 fully saturated rings. The molecule has 4 atom stereocenters. The van der Waals surface area contributed by atoms with Gasteiger partial charge in [0.1, 0.15) is 11.5 Å². The summed E-state index contributed by atoms with van der Waals surface area (Å²) in [6.45, 7) is 0. The molecule has 2 aliphatic heterocycles. The Kier molecular flexibility index (Phi) is 7.75. The first-order valence-electron chi connectivity index (χ1n) is 16.3. The molecule has 0 bridgehead atoms. The van der Waals surface area contributed by atoms with Crippen molar-refractivity contribution in [1.82, 2.24) is 0 Å². The number of azo groups is 1. The van der Waals surface area contributed by atoms with Crippen LogP contribution in [0.3, 0.4) is 0 Å². The van der Waals surface area contributed by atoms with Gasteiger partial charge in [-0.3, -0.25) is 24.1 Å². The fourth-order valence-electron chi connectivity index (χ4n) is 7.87. The Hall–Kier alpha value is -5.42. The van der Waals surface area contributed by atoms with E-state index in [1.54, 1.807) is 48.7 Å². The minimum absolute atomic E-state index is 0.0895. The molecule has 50 heavy (non-hydrogen) atoms. The summed E-state index contributed by atoms with van der Waals surface area (Å²) in [5, 5.41) is 18.8. The maximum absolute atomic E-state index is 14.3. The van der Waals surface area contributed by atoms with Crippen LogP contribution in [0.25, 0.3) is 0 Å². The zero-order chi connectivity index (χ0) is 34.8. The summed E-state index contributed by atoms with van der Waals surface area (Å²) in [6.07, 6.45) is 5.76. The predicted molar refractivity (Wildman–Crippen MR) is 190 cm³/mol. The highest BCUT2D eigenvalue weighted by Crippen LogP contribution is 2.55. The van der Waals surface area contributed by atoms with Crippen LogP contribution in [-0.4, -0.2) is 42.6 Å². The van der Waals surface area contributed by atoms with E-state index in [2.05, 4.69) is 26.2 Å². The Labute approximate surface area is 296 Å². The Balaban J connectivity index is 1.09. The van der Waals surface area contributed by atoms with E-state index in [-0.39, 0.29) is 40.0 Å². The zero-order valence-corrected chi connectivity index (χ0v) is 28.8. The third kappa shape index (κ3) is 5.24. The smallest absolute Gasteiger partial charge is 0.238 e. The highest BCUT2D eigenvalue weighted by molar-refractivity contribution is 9.12. The fourth-order valence-corrected chi connectivity index (χ4v) is 8.32. The van der Waals surface area contributed by atoms with Crippen LogP contribution in [0.2, 0.25) is 0 Å². The number of hydrogen-bond donors (Lipinski definition) is 1. The minimum atomic E-state index is -0.711. The number of anilines is 2. The Morgan fingerprint density at radius 1 is 0.900 bits per heavy atom. The number of ether oxygens (including phenoxy) is 1. The maximum Gasteiger partial charge on any atom is 0.238 e. The van der Waals surface area contributed by atoms with Crippen LogP contribution >= 0.6 is 15.9 Å². The second kappa shape index (κ2) is 12.2. The average molecular weight is 732 g/mol. The molecule has 250 valence electrons. The molecule has 0 aromatic heterocycles. The molecular formula is C39H31BrN4O6. The number of Topliss-reactive ketones (excluding diaryl/α,β-unsaturated/α-hetero) is 1. The average Bonchev–Trinajstić information content (AvgIpc) is 3.37. The zero-order valence-electron chi connectivity index (χ0n) is 27.2. The standard InChI is InChI=1S/C39H31BrN4O6/c1-43(2)24-7-3-22(4-8-24)41-42-23-5-9-25(10-6-23)44-38(48)28-13-12-27-29(35(28)39(44)49)17-30-36(32(46)18-31(40)37(30)47)34(27)21-15-20-16-26(45)11-14-33(20)50-19-21/h3-12,14,16,18-19,28-29,34-35,45H,13,15,17H2,1-2H3. The van der Waals surface area contributed by atoms with Crippen LogP contribution in [0.5, 0.6) is 11.5 Å². The number of allylic oxidation sites excluding steroid dienone is 7. The van der Waals surface area contributed by atoms with E-state index in [1.807, 2.05) is 49.3 Å². The number of nitrogens with zero attached hydrogens (tertiary/aromatic N) is 4. The Morgan fingerprint density at radius 3 is 2.30 bits per heavy atom. The number of imide groups is 1. The lowest BCUT2D eigenvalue weighted by Crippen LogP contribution is -2.41. The summed E-state index contributed by atoms with van der Waals surface area (Å²) < 4.78 is 6.13. The molecule has 0 radical (unpaired) electrons. The van der Waals surface area contributed by atoms with Crippen LogP contribution in [-0.2, 0) is 25.6 Å². The fraction of sp³-hybridized carbons (Fsp3) is 0.231. The van der Waals surface area contributed by atoms with E-state index >= 15 is 0 Å². The van der Waals surface area contributed by atoms with Crippen molar-refractivity contribution < 1.29 is 29.0 Å². The van der Waals surface area contributed by atoms with Crippen LogP contribution in [0.4, 0.5) is 22.7 Å². The maximum atomic E-state index is 14.3. The molecule has 10 nitrogen and oxygen atoms in total. The lowest BCUT2D eigenvalue weighted by Gasteiger charge is -2.43. The second-order valence-corrected chi connectivity index (χ2v) is 14.2. The Morgan fingerprint density at radius 2 is 1.60 bits per heavy atom. The number of aromatic hydroxyl groups is 1. The van der Waals surface area contributed by atoms with Crippen molar-refractivity contribution >= 4 is 62.1 Å². The van der Waals surface area contributed by atoms with Gasteiger partial charge in [-0.15, -0.1) is 0 Å². The van der Waals surface area contributed by atoms with Gasteiger partial charge in [0.05, 0.1) is 39.6 Å². The van der Waals surface area contributed by atoms with Crippen molar-refractivity contribution in [3.05, 3.63) is 117 Å². The van der Waals surface area contributed by atoms with Gasteiger partial charge in [0.15, 0.2) is 11.6 Å². The molecule has 3 aromatic rings. The predicted octanol–water partition coefficient (Wildman–Crippen LogP) is 7.19. The number of halogens is 1. The largest absolute Gasteiger partial charge is 0.508 e. The number of rotatable bonds is 5. The topological polar surface area (TPSA) is 129 Å². The first kappa shape index (κ1) is 31.8. The van der Waals surface area contributed by atoms with E-state index in [9.17, 15) is 24.3 Å². The van der Waals surface area contributed by atoms with Crippen molar-refractivity contribution in [2.75, 3.05) is 23.9 Å². The normalized spacial score (nSPS) is 24.2. The monoisotopic (exact) mass is 730 g/mol. The number of ketones is 2. The highest BCUT2D eigenvalue weighted by Gasteiger charge is 2.57. The van der Waals surface area contributed by atoms with Gasteiger partial charge in [0.2, 0.25) is 11.8 Å². The molecule has 11 heteroatoms. The van der Waals surface area contributed by atoms with E-state index in [0.29, 0.717) is 46.8 Å². The van der Waals surface area contributed by atoms with Gasteiger partial charge in [0, 0.05) is 54.9 Å². The van der Waals surface area contributed by atoms with Gasteiger partial charge in [0.25, 0.3) is 0 Å². The molecule has 3 aromatic carbocycles. The highest BCUT2D eigenvalue weighted by atomic mass is 79.9. The van der Waals surface area contributed by atoms with Gasteiger partial charge in [-0.05, 0) is 107 Å². The molecule has 0 spiro atoms. The molecule has 8 rings (SSSR count). The number of carbonyl (C=O) groups excluding carboxylic acids is 4. The summed E-state index contributed by atoms with van der Waals surface area (Å²) in [5.41, 5.74) is 5.81. The lowest BCUT2D eigenvalue weighted by molar-refractivity contribution is -0.123. The summed E-state index contributed by atoms with van der Waals surface area (Å²) in [5.74, 6) is -2.93. The van der Waals surface area contributed by atoms with Crippen molar-refractivity contribution in [3.63, 3.8) is 0 Å². The van der Waals surface area contributed by atoms with E-state index < -0.39 is 23.7 Å². The third-order valence-electron chi connectivity index (χ3n) is 10.2. The minimum Gasteiger partial charge on any atom is -0.508 e. The quantitative estimate of drug-likeness (QED) is 0.127. The second-order valence-electron chi connectivity index (χ2n) is 13.3. The molecule has 1 N–H and O–H groups in total. The molecule has 4 unspecified atom stereocenters. The first-order valence-corrected chi connectivity index (χ1v) is 17.1. The van der Waals surface area contributed by atoms with Crippen molar-refractivity contribution in [3.8, 4) is 11.5 Å². The summed E-state index contributed by atoms with van der Waals surface area (Å²) in [6, 6.07) is 19.3. The first-order chi connectivity index (χ1) is 24.1. The number of carbonyl (C=O) groups is 4. The van der Waals surface area contributed by atoms with Gasteiger partial charge < -0.3 is 14.7 Å². The molecule has 1 saturated heterocycles. The van der Waals surface area contributed by atoms with Crippen LogP contribution in [0.1, 0.15) is 18.4 Å². The molecule has 3 aliphatic carbocycles.